The summed E-state index contributed by atoms with van der Waals surface area (Å²) in [6, 6.07) is 7.00. The topological polar surface area (TPSA) is 51.4 Å². The van der Waals surface area contributed by atoms with E-state index in [-0.39, 0.29) is 17.0 Å². The van der Waals surface area contributed by atoms with Gasteiger partial charge < -0.3 is 4.57 Å². The molecule has 0 N–H and O–H groups in total. The number of hydrogen-bond donors (Lipinski definition) is 0. The van der Waals surface area contributed by atoms with Crippen LogP contribution in [0, 0.1) is 0 Å². The van der Waals surface area contributed by atoms with E-state index in [0.29, 0.717) is 4.90 Å². The van der Waals surface area contributed by atoms with Crippen LogP contribution in [0.2, 0.25) is 0 Å². The first kappa shape index (κ1) is 18.1. The van der Waals surface area contributed by atoms with Crippen LogP contribution in [0.5, 0.6) is 0 Å². The van der Waals surface area contributed by atoms with Crippen LogP contribution in [-0.2, 0) is 16.4 Å². The zero-order valence-corrected chi connectivity index (χ0v) is 15.6. The van der Waals surface area contributed by atoms with E-state index >= 15 is 0 Å². The van der Waals surface area contributed by atoms with Crippen molar-refractivity contribution >= 4 is 38.2 Å². The van der Waals surface area contributed by atoms with Crippen molar-refractivity contribution in [1.29, 1.82) is 0 Å². The standard InChI is InChI=1S/C14H18N2O2S2.BrH/c1-4-15-14-16(5-2)13(10-19-14)11-6-8-12(9-7-11)20(3,17)18;/h6-10H,4-5H2,1-3H3;1H. The summed E-state index contributed by atoms with van der Waals surface area (Å²) in [6.07, 6.45) is 1.22. The highest BCUT2D eigenvalue weighted by Gasteiger charge is 2.09. The molecule has 2 aromatic rings. The number of aromatic nitrogens is 1. The largest absolute Gasteiger partial charge is 0.317 e. The van der Waals surface area contributed by atoms with E-state index in [9.17, 15) is 8.42 Å². The smallest absolute Gasteiger partial charge is 0.185 e. The Balaban J connectivity index is 0.00000220. The maximum Gasteiger partial charge on any atom is 0.185 e. The van der Waals surface area contributed by atoms with Crippen molar-refractivity contribution in [2.75, 3.05) is 12.8 Å². The second kappa shape index (κ2) is 7.38. The Bertz CT molecular complexity index is 759. The lowest BCUT2D eigenvalue weighted by molar-refractivity contribution is 0.602. The number of nitrogens with zero attached hydrogens (tertiary/aromatic N) is 2. The fraction of sp³-hybridized carbons (Fsp3) is 0.357. The van der Waals surface area contributed by atoms with Gasteiger partial charge in [0.2, 0.25) is 0 Å². The first-order chi connectivity index (χ1) is 9.47. The van der Waals surface area contributed by atoms with E-state index in [2.05, 4.69) is 21.9 Å². The van der Waals surface area contributed by atoms with Crippen LogP contribution >= 0.6 is 28.3 Å². The third-order valence-corrected chi connectivity index (χ3v) is 5.02. The molecular weight excluding hydrogens is 372 g/mol. The summed E-state index contributed by atoms with van der Waals surface area (Å²) < 4.78 is 25.1. The molecule has 0 fully saturated rings. The molecule has 0 spiro atoms. The van der Waals surface area contributed by atoms with Gasteiger partial charge in [-0.15, -0.1) is 28.3 Å². The lowest BCUT2D eigenvalue weighted by atomic mass is 10.2. The van der Waals surface area contributed by atoms with Gasteiger partial charge in [0, 0.05) is 24.7 Å². The Hall–Kier alpha value is -0.920. The molecule has 0 aliphatic heterocycles. The molecule has 0 aliphatic carbocycles. The molecular formula is C14H19BrN2O2S2. The summed E-state index contributed by atoms with van der Waals surface area (Å²) in [7, 11) is -3.14. The van der Waals surface area contributed by atoms with Gasteiger partial charge in [-0.05, 0) is 31.5 Å². The first-order valence-electron chi connectivity index (χ1n) is 6.46. The Morgan fingerprint density at radius 3 is 2.29 bits per heavy atom. The van der Waals surface area contributed by atoms with Crippen molar-refractivity contribution in [3.63, 3.8) is 0 Å². The molecule has 1 heterocycles. The molecule has 0 saturated carbocycles. The Kier molecular flexibility index (Phi) is 6.37. The molecule has 0 amide bonds. The Morgan fingerprint density at radius 2 is 1.81 bits per heavy atom. The minimum Gasteiger partial charge on any atom is -0.317 e. The summed E-state index contributed by atoms with van der Waals surface area (Å²) in [4.78, 5) is 5.81. The number of rotatable bonds is 4. The van der Waals surface area contributed by atoms with Crippen molar-refractivity contribution in [3.8, 4) is 11.3 Å². The minimum absolute atomic E-state index is 0. The second-order valence-electron chi connectivity index (χ2n) is 4.42. The summed E-state index contributed by atoms with van der Waals surface area (Å²) in [5, 5.41) is 2.06. The fourth-order valence-corrected chi connectivity index (χ4v) is 3.67. The molecule has 0 atom stereocenters. The van der Waals surface area contributed by atoms with Crippen molar-refractivity contribution in [2.24, 2.45) is 4.99 Å². The van der Waals surface area contributed by atoms with Crippen LogP contribution in [0.25, 0.3) is 11.3 Å². The van der Waals surface area contributed by atoms with Gasteiger partial charge in [0.05, 0.1) is 10.6 Å². The number of thiazole rings is 1. The molecule has 0 saturated heterocycles. The van der Waals surface area contributed by atoms with Gasteiger partial charge in [-0.1, -0.05) is 12.1 Å². The molecule has 0 bridgehead atoms. The van der Waals surface area contributed by atoms with Crippen molar-refractivity contribution < 1.29 is 8.42 Å². The molecule has 116 valence electrons. The molecule has 1 aromatic carbocycles. The zero-order valence-electron chi connectivity index (χ0n) is 12.2. The quantitative estimate of drug-likeness (QED) is 0.804. The normalized spacial score (nSPS) is 12.2. The van der Waals surface area contributed by atoms with Crippen LogP contribution in [0.4, 0.5) is 0 Å². The molecule has 0 radical (unpaired) electrons. The molecule has 21 heavy (non-hydrogen) atoms. The predicted molar refractivity (Wildman–Crippen MR) is 93.0 cm³/mol. The monoisotopic (exact) mass is 390 g/mol. The number of halogens is 1. The molecule has 7 heteroatoms. The van der Waals surface area contributed by atoms with Gasteiger partial charge in [-0.3, -0.25) is 4.99 Å². The highest BCUT2D eigenvalue weighted by atomic mass is 79.9. The van der Waals surface area contributed by atoms with Gasteiger partial charge in [0.15, 0.2) is 14.6 Å². The molecule has 2 rings (SSSR count). The van der Waals surface area contributed by atoms with Gasteiger partial charge in [0.1, 0.15) is 0 Å². The van der Waals surface area contributed by atoms with E-state index in [4.69, 9.17) is 0 Å². The number of sulfone groups is 1. The summed E-state index contributed by atoms with van der Waals surface area (Å²) in [6.45, 7) is 5.69. The van der Waals surface area contributed by atoms with E-state index in [1.165, 1.54) is 6.26 Å². The Labute approximate surface area is 139 Å². The van der Waals surface area contributed by atoms with Crippen molar-refractivity contribution in [2.45, 2.75) is 25.3 Å². The highest BCUT2D eigenvalue weighted by Crippen LogP contribution is 2.22. The zero-order chi connectivity index (χ0) is 14.8. The maximum atomic E-state index is 11.5. The number of benzene rings is 1. The Morgan fingerprint density at radius 1 is 1.19 bits per heavy atom. The van der Waals surface area contributed by atoms with E-state index in [1.807, 2.05) is 19.1 Å². The highest BCUT2D eigenvalue weighted by molar-refractivity contribution is 8.93. The third-order valence-electron chi connectivity index (χ3n) is 2.99. The van der Waals surface area contributed by atoms with E-state index < -0.39 is 9.84 Å². The van der Waals surface area contributed by atoms with Crippen LogP contribution < -0.4 is 4.80 Å². The van der Waals surface area contributed by atoms with Crippen molar-refractivity contribution in [3.05, 3.63) is 34.4 Å². The van der Waals surface area contributed by atoms with Gasteiger partial charge in [0.25, 0.3) is 0 Å². The SMILES string of the molecule is Br.CCN=c1scc(-c2ccc(S(C)(=O)=O)cc2)n1CC. The molecule has 1 aromatic heterocycles. The summed E-state index contributed by atoms with van der Waals surface area (Å²) >= 11 is 1.61. The fourth-order valence-electron chi connectivity index (χ4n) is 2.00. The average Bonchev–Trinajstić information content (AvgIpc) is 2.81. The molecule has 0 aliphatic rings. The minimum atomic E-state index is -3.14. The van der Waals surface area contributed by atoms with E-state index in [0.717, 1.165) is 29.1 Å². The van der Waals surface area contributed by atoms with Crippen LogP contribution in [0.1, 0.15) is 13.8 Å². The molecule has 4 nitrogen and oxygen atoms in total. The van der Waals surface area contributed by atoms with Gasteiger partial charge in [-0.25, -0.2) is 8.42 Å². The predicted octanol–water partition coefficient (Wildman–Crippen LogP) is 3.14. The van der Waals surface area contributed by atoms with Gasteiger partial charge in [-0.2, -0.15) is 0 Å². The maximum absolute atomic E-state index is 11.5. The third kappa shape index (κ3) is 4.05. The van der Waals surface area contributed by atoms with Gasteiger partial charge >= 0.3 is 0 Å². The first-order valence-corrected chi connectivity index (χ1v) is 9.23. The lowest BCUT2D eigenvalue weighted by Crippen LogP contribution is -2.15. The van der Waals surface area contributed by atoms with E-state index in [1.54, 1.807) is 23.5 Å². The molecule has 0 unspecified atom stereocenters. The van der Waals surface area contributed by atoms with Crippen LogP contribution in [0.15, 0.2) is 39.5 Å². The lowest BCUT2D eigenvalue weighted by Gasteiger charge is -2.07. The summed E-state index contributed by atoms with van der Waals surface area (Å²) in [5.41, 5.74) is 2.08. The summed E-state index contributed by atoms with van der Waals surface area (Å²) in [5.74, 6) is 0. The number of hydrogen-bond acceptors (Lipinski definition) is 4. The van der Waals surface area contributed by atoms with Crippen LogP contribution in [-0.4, -0.2) is 25.8 Å². The second-order valence-corrected chi connectivity index (χ2v) is 7.27. The average molecular weight is 391 g/mol. The van der Waals surface area contributed by atoms with Crippen LogP contribution in [0.3, 0.4) is 0 Å². The van der Waals surface area contributed by atoms with Crippen molar-refractivity contribution in [1.82, 2.24) is 4.57 Å².